The number of epoxide rings is 1. The number of allylic oxidation sites excluding steroid dienone is 1. The molecule has 8 atom stereocenters. The molecular weight excluding hydrogens is 452 g/mol. The molecule has 0 spiro atoms. The first-order valence-electron chi connectivity index (χ1n) is 11.0. The number of carbonyl (C=O) groups is 6. The molecule has 0 radical (unpaired) electrons. The SMILES string of the molecule is C=C(C=O)[C@H]1CC(=O)[C@@H](C(=O)OC)[C@@H]2OC(C)(CC2=O)C[C@@H]2OC(=O)[C@]3(O[C@@H]23)[C@@H](OC(C)=O)C1. The highest BCUT2D eigenvalue weighted by atomic mass is 16.7. The highest BCUT2D eigenvalue weighted by Gasteiger charge is 2.78. The maximum Gasteiger partial charge on any atom is 0.345 e. The number of rotatable bonds is 4. The molecule has 1 unspecified atom stereocenters. The third-order valence-corrected chi connectivity index (χ3v) is 7.03. The molecule has 4 fully saturated rings. The number of fused-ring (bicyclic) bond motifs is 2. The molecule has 4 aliphatic rings. The van der Waals surface area contributed by atoms with Gasteiger partial charge in [-0.05, 0) is 24.8 Å². The summed E-state index contributed by atoms with van der Waals surface area (Å²) in [6, 6.07) is 0. The van der Waals surface area contributed by atoms with Crippen molar-refractivity contribution in [2.45, 2.75) is 75.1 Å². The van der Waals surface area contributed by atoms with Gasteiger partial charge in [-0.15, -0.1) is 0 Å². The highest BCUT2D eigenvalue weighted by molar-refractivity contribution is 6.05. The van der Waals surface area contributed by atoms with Gasteiger partial charge in [0.15, 0.2) is 11.6 Å². The van der Waals surface area contributed by atoms with Crippen LogP contribution < -0.4 is 0 Å². The zero-order valence-corrected chi connectivity index (χ0v) is 19.1. The smallest absolute Gasteiger partial charge is 0.345 e. The molecule has 184 valence electrons. The molecule has 0 N–H and O–H groups in total. The highest BCUT2D eigenvalue weighted by Crippen LogP contribution is 2.54. The second kappa shape index (κ2) is 8.38. The molecule has 4 heterocycles. The molecule has 4 rings (SSSR count). The molecule has 0 amide bonds. The van der Waals surface area contributed by atoms with E-state index in [1.165, 1.54) is 0 Å². The normalized spacial score (nSPS) is 41.2. The van der Waals surface area contributed by atoms with E-state index in [0.717, 1.165) is 14.0 Å². The van der Waals surface area contributed by atoms with Crippen LogP contribution in [-0.2, 0) is 52.5 Å². The Bertz CT molecular complexity index is 985. The number of aldehydes is 1. The minimum Gasteiger partial charge on any atom is -0.468 e. The van der Waals surface area contributed by atoms with E-state index in [-0.39, 0.29) is 24.8 Å². The number of Topliss-reactive ketones (excluding diaryl/α,β-unsaturated/α-hetero) is 2. The van der Waals surface area contributed by atoms with Gasteiger partial charge in [0.1, 0.15) is 36.6 Å². The van der Waals surface area contributed by atoms with Gasteiger partial charge in [-0.2, -0.15) is 0 Å². The molecule has 4 aliphatic heterocycles. The van der Waals surface area contributed by atoms with E-state index in [0.29, 0.717) is 6.29 Å². The maximum atomic E-state index is 13.3. The number of hydrogen-bond donors (Lipinski definition) is 0. The molecule has 34 heavy (non-hydrogen) atoms. The lowest BCUT2D eigenvalue weighted by atomic mass is 9.80. The quantitative estimate of drug-likeness (QED) is 0.134. The Kier molecular flexibility index (Phi) is 5.97. The molecule has 0 aromatic carbocycles. The van der Waals surface area contributed by atoms with Crippen molar-refractivity contribution in [1.82, 2.24) is 0 Å². The fourth-order valence-corrected chi connectivity index (χ4v) is 5.36. The minimum atomic E-state index is -1.59. The first-order chi connectivity index (χ1) is 16.0. The van der Waals surface area contributed by atoms with Crippen molar-refractivity contribution < 1.29 is 52.5 Å². The van der Waals surface area contributed by atoms with Crippen LogP contribution in [0.15, 0.2) is 12.2 Å². The standard InChI is InChI=1S/C23H26O11/c1-10(9-24)12-5-13(26)17(20(28)30-4)18-14(27)7-22(3,33-18)8-15-19-23(34-19,21(29)32-15)16(6-12)31-11(2)25/h9,12,15-19H,1,5-8H2,2-4H3/t12-,15-,16-,17+,18+,19-,22?,23-/m0/s1. The monoisotopic (exact) mass is 478 g/mol. The number of ether oxygens (including phenoxy) is 5. The zero-order valence-electron chi connectivity index (χ0n) is 19.1. The number of esters is 3. The number of ketones is 2. The summed E-state index contributed by atoms with van der Waals surface area (Å²) in [6.07, 6.45) is -4.30. The maximum absolute atomic E-state index is 13.3. The van der Waals surface area contributed by atoms with Crippen LogP contribution in [0.2, 0.25) is 0 Å². The fraction of sp³-hybridized carbons (Fsp3) is 0.652. The van der Waals surface area contributed by atoms with E-state index < -0.39 is 83.3 Å². The lowest BCUT2D eigenvalue weighted by molar-refractivity contribution is -0.169. The topological polar surface area (TPSA) is 152 Å². The van der Waals surface area contributed by atoms with Gasteiger partial charge in [0.25, 0.3) is 0 Å². The first kappa shape index (κ1) is 24.2. The van der Waals surface area contributed by atoms with E-state index in [4.69, 9.17) is 23.7 Å². The van der Waals surface area contributed by atoms with Crippen LogP contribution in [-0.4, -0.2) is 78.5 Å². The number of hydrogen-bond acceptors (Lipinski definition) is 11. The minimum absolute atomic E-state index is 0.0102. The first-order valence-corrected chi connectivity index (χ1v) is 11.0. The van der Waals surface area contributed by atoms with Crippen LogP contribution in [0.5, 0.6) is 0 Å². The molecule has 0 saturated carbocycles. The Morgan fingerprint density at radius 2 is 1.88 bits per heavy atom. The molecule has 0 aliphatic carbocycles. The summed E-state index contributed by atoms with van der Waals surface area (Å²) in [7, 11) is 1.09. The number of methoxy groups -OCH3 is 1. The Balaban J connectivity index is 1.78. The Labute approximate surface area is 195 Å². The van der Waals surface area contributed by atoms with Crippen molar-refractivity contribution in [2.24, 2.45) is 11.8 Å². The van der Waals surface area contributed by atoms with Crippen molar-refractivity contribution >= 4 is 35.8 Å². The summed E-state index contributed by atoms with van der Waals surface area (Å²) in [5.74, 6) is -5.98. The molecule has 11 nitrogen and oxygen atoms in total. The summed E-state index contributed by atoms with van der Waals surface area (Å²) in [5, 5.41) is 0. The average molecular weight is 478 g/mol. The molecule has 4 bridgehead atoms. The average Bonchev–Trinajstić information content (AvgIpc) is 3.38. The molecule has 0 aromatic rings. The summed E-state index contributed by atoms with van der Waals surface area (Å²) in [4.78, 5) is 75.0. The van der Waals surface area contributed by atoms with Crippen molar-refractivity contribution in [2.75, 3.05) is 7.11 Å². The Morgan fingerprint density at radius 3 is 2.47 bits per heavy atom. The zero-order chi connectivity index (χ0) is 25.0. The Hall–Kier alpha value is -2.92. The molecule has 4 saturated heterocycles. The predicted octanol–water partition coefficient (Wildman–Crippen LogP) is 0.0113. The van der Waals surface area contributed by atoms with Gasteiger partial charge in [0, 0.05) is 26.2 Å². The predicted molar refractivity (Wildman–Crippen MR) is 109 cm³/mol. The lowest BCUT2D eigenvalue weighted by Gasteiger charge is -2.29. The van der Waals surface area contributed by atoms with Gasteiger partial charge in [0.05, 0.1) is 12.7 Å². The van der Waals surface area contributed by atoms with Crippen LogP contribution in [0.4, 0.5) is 0 Å². The van der Waals surface area contributed by atoms with Crippen molar-refractivity contribution in [3.8, 4) is 0 Å². The van der Waals surface area contributed by atoms with E-state index in [1.54, 1.807) is 6.92 Å². The van der Waals surface area contributed by atoms with E-state index in [9.17, 15) is 28.8 Å². The van der Waals surface area contributed by atoms with Crippen LogP contribution in [0.25, 0.3) is 0 Å². The largest absolute Gasteiger partial charge is 0.468 e. The lowest BCUT2D eigenvalue weighted by Crippen LogP contribution is -2.43. The van der Waals surface area contributed by atoms with Gasteiger partial charge in [0.2, 0.25) is 5.60 Å². The number of carbonyl (C=O) groups excluding carboxylic acids is 6. The molecule has 11 heteroatoms. The van der Waals surface area contributed by atoms with E-state index >= 15 is 0 Å². The van der Waals surface area contributed by atoms with Crippen LogP contribution in [0, 0.1) is 11.8 Å². The second-order valence-corrected chi connectivity index (χ2v) is 9.51. The van der Waals surface area contributed by atoms with Crippen molar-refractivity contribution in [3.63, 3.8) is 0 Å². The van der Waals surface area contributed by atoms with E-state index in [2.05, 4.69) is 6.58 Å². The van der Waals surface area contributed by atoms with E-state index in [1.807, 2.05) is 0 Å². The van der Waals surface area contributed by atoms with Gasteiger partial charge < -0.3 is 23.7 Å². The van der Waals surface area contributed by atoms with Crippen molar-refractivity contribution in [1.29, 1.82) is 0 Å². The summed E-state index contributed by atoms with van der Waals surface area (Å²) in [5.41, 5.74) is -2.74. The summed E-state index contributed by atoms with van der Waals surface area (Å²) >= 11 is 0. The van der Waals surface area contributed by atoms with Crippen LogP contribution in [0.1, 0.15) is 39.5 Å². The van der Waals surface area contributed by atoms with Gasteiger partial charge in [-0.1, -0.05) is 6.58 Å². The molecular formula is C23H26O11. The summed E-state index contributed by atoms with van der Waals surface area (Å²) < 4.78 is 27.4. The van der Waals surface area contributed by atoms with Crippen LogP contribution in [0.3, 0.4) is 0 Å². The molecule has 0 aromatic heterocycles. The van der Waals surface area contributed by atoms with Gasteiger partial charge in [-0.25, -0.2) is 4.79 Å². The van der Waals surface area contributed by atoms with Crippen LogP contribution >= 0.6 is 0 Å². The third-order valence-electron chi connectivity index (χ3n) is 7.03. The van der Waals surface area contributed by atoms with Gasteiger partial charge >= 0.3 is 17.9 Å². The van der Waals surface area contributed by atoms with Gasteiger partial charge in [-0.3, -0.25) is 24.0 Å². The summed E-state index contributed by atoms with van der Waals surface area (Å²) in [6.45, 7) is 6.47. The van der Waals surface area contributed by atoms with Crippen molar-refractivity contribution in [3.05, 3.63) is 12.2 Å². The third kappa shape index (κ3) is 3.86. The Morgan fingerprint density at radius 1 is 1.18 bits per heavy atom. The fourth-order valence-electron chi connectivity index (χ4n) is 5.36. The second-order valence-electron chi connectivity index (χ2n) is 9.51.